The van der Waals surface area contributed by atoms with Crippen LogP contribution in [0.25, 0.3) is 11.1 Å². The van der Waals surface area contributed by atoms with Crippen LogP contribution in [0.4, 0.5) is 18.9 Å². The summed E-state index contributed by atoms with van der Waals surface area (Å²) < 4.78 is 37.8. The van der Waals surface area contributed by atoms with Crippen molar-refractivity contribution in [2.45, 2.75) is 6.18 Å². The number of rotatable bonds is 4. The monoisotopic (exact) mass is 390 g/mol. The summed E-state index contributed by atoms with van der Waals surface area (Å²) in [5.74, 6) is -2.20. The Morgan fingerprint density at radius 3 is 2.22 bits per heavy atom. The topological polar surface area (TPSA) is 69.2 Å². The van der Waals surface area contributed by atoms with Gasteiger partial charge in [-0.1, -0.05) is 6.07 Å². The number of benzene rings is 2. The van der Waals surface area contributed by atoms with Crippen LogP contribution in [0.15, 0.2) is 59.3 Å². The van der Waals surface area contributed by atoms with E-state index in [4.69, 9.17) is 0 Å². The van der Waals surface area contributed by atoms with Crippen LogP contribution in [0.2, 0.25) is 0 Å². The summed E-state index contributed by atoms with van der Waals surface area (Å²) in [7, 11) is 0. The Labute approximate surface area is 155 Å². The van der Waals surface area contributed by atoms with E-state index in [1.807, 2.05) is 16.8 Å². The minimum absolute atomic E-state index is 0.00104. The molecule has 0 bridgehead atoms. The predicted molar refractivity (Wildman–Crippen MR) is 93.5 cm³/mol. The molecule has 0 fully saturated rings. The van der Waals surface area contributed by atoms with Crippen molar-refractivity contribution in [1.82, 2.24) is 0 Å². The molecule has 0 aliphatic carbocycles. The first-order chi connectivity index (χ1) is 12.8. The Bertz CT molecular complexity index is 980. The molecule has 1 amide bonds. The van der Waals surface area contributed by atoms with Crippen molar-refractivity contribution in [3.05, 3.63) is 76.0 Å². The zero-order valence-electron chi connectivity index (χ0n) is 13.5. The molecule has 27 heavy (non-hydrogen) atoms. The zero-order valence-corrected chi connectivity index (χ0v) is 14.4. The van der Waals surface area contributed by atoms with E-state index in [2.05, 4.69) is 5.32 Å². The number of halogens is 3. The SMILES string of the molecule is O=C(Nc1ccc(-c2ccsc2)cc1C(=O)[O-])c1ccc(C(F)(F)F)cc1. The highest BCUT2D eigenvalue weighted by atomic mass is 32.1. The Morgan fingerprint density at radius 1 is 0.963 bits per heavy atom. The molecule has 1 N–H and O–H groups in total. The lowest BCUT2D eigenvalue weighted by molar-refractivity contribution is -0.254. The number of carboxylic acids is 1. The average molecular weight is 390 g/mol. The fourth-order valence-corrected chi connectivity index (χ4v) is 3.10. The fraction of sp³-hybridized carbons (Fsp3) is 0.0526. The van der Waals surface area contributed by atoms with Crippen molar-refractivity contribution in [3.63, 3.8) is 0 Å². The molecule has 0 saturated carbocycles. The molecule has 1 aromatic heterocycles. The van der Waals surface area contributed by atoms with E-state index >= 15 is 0 Å². The van der Waals surface area contributed by atoms with Gasteiger partial charge in [-0.05, 0) is 64.4 Å². The van der Waals surface area contributed by atoms with Crippen molar-refractivity contribution < 1.29 is 27.9 Å². The van der Waals surface area contributed by atoms with Gasteiger partial charge in [0.05, 0.1) is 17.2 Å². The highest BCUT2D eigenvalue weighted by Gasteiger charge is 2.30. The van der Waals surface area contributed by atoms with Crippen LogP contribution in [-0.4, -0.2) is 11.9 Å². The number of aromatic carboxylic acids is 1. The van der Waals surface area contributed by atoms with Crippen LogP contribution in [0.3, 0.4) is 0 Å². The number of nitrogens with one attached hydrogen (secondary N) is 1. The highest BCUT2D eigenvalue weighted by molar-refractivity contribution is 7.08. The molecule has 0 unspecified atom stereocenters. The lowest BCUT2D eigenvalue weighted by atomic mass is 10.0. The van der Waals surface area contributed by atoms with Gasteiger partial charge in [0.15, 0.2) is 0 Å². The van der Waals surface area contributed by atoms with Crippen LogP contribution < -0.4 is 10.4 Å². The number of carbonyl (C=O) groups excluding carboxylic acids is 2. The van der Waals surface area contributed by atoms with Gasteiger partial charge >= 0.3 is 6.18 Å². The van der Waals surface area contributed by atoms with Gasteiger partial charge < -0.3 is 15.2 Å². The van der Waals surface area contributed by atoms with Crippen molar-refractivity contribution in [3.8, 4) is 11.1 Å². The number of anilines is 1. The quantitative estimate of drug-likeness (QED) is 0.731. The number of amides is 1. The Kier molecular flexibility index (Phi) is 5.00. The highest BCUT2D eigenvalue weighted by Crippen LogP contribution is 2.30. The second kappa shape index (κ2) is 7.24. The summed E-state index contributed by atoms with van der Waals surface area (Å²) in [6.07, 6.45) is -4.51. The maximum Gasteiger partial charge on any atom is 0.416 e. The van der Waals surface area contributed by atoms with Gasteiger partial charge in [0, 0.05) is 11.1 Å². The molecule has 138 valence electrons. The Hall–Kier alpha value is -3.13. The Balaban J connectivity index is 1.86. The van der Waals surface area contributed by atoms with Gasteiger partial charge in [0.1, 0.15) is 0 Å². The van der Waals surface area contributed by atoms with Gasteiger partial charge in [0.25, 0.3) is 5.91 Å². The third-order valence-electron chi connectivity index (χ3n) is 3.82. The predicted octanol–water partition coefficient (Wildman–Crippen LogP) is 4.05. The van der Waals surface area contributed by atoms with Crippen LogP contribution in [0.5, 0.6) is 0 Å². The molecular weight excluding hydrogens is 379 g/mol. The third-order valence-corrected chi connectivity index (χ3v) is 4.50. The maximum absolute atomic E-state index is 12.6. The third kappa shape index (κ3) is 4.17. The second-order valence-electron chi connectivity index (χ2n) is 5.59. The first-order valence-electron chi connectivity index (χ1n) is 7.62. The van der Waals surface area contributed by atoms with E-state index in [0.717, 1.165) is 29.8 Å². The molecule has 0 aliphatic rings. The summed E-state index contributed by atoms with van der Waals surface area (Å²) in [5, 5.41) is 17.5. The first kappa shape index (κ1) is 18.7. The molecule has 0 atom stereocenters. The minimum Gasteiger partial charge on any atom is -0.545 e. The smallest absolute Gasteiger partial charge is 0.416 e. The number of alkyl halides is 3. The van der Waals surface area contributed by atoms with Gasteiger partial charge in [-0.3, -0.25) is 4.79 Å². The van der Waals surface area contributed by atoms with E-state index in [0.29, 0.717) is 5.56 Å². The standard InChI is InChI=1S/C19H12F3NO3S/c20-19(21,22)14-4-1-11(2-5-14)17(24)23-16-6-3-12(9-15(16)18(25)26)13-7-8-27-10-13/h1-10H,(H,23,24)(H,25,26)/p-1. The number of hydrogen-bond donors (Lipinski definition) is 1. The molecule has 2 aromatic carbocycles. The van der Waals surface area contributed by atoms with E-state index in [9.17, 15) is 27.9 Å². The minimum atomic E-state index is -4.51. The van der Waals surface area contributed by atoms with Gasteiger partial charge in [-0.2, -0.15) is 24.5 Å². The molecule has 8 heteroatoms. The molecule has 0 aliphatic heterocycles. The van der Waals surface area contributed by atoms with Gasteiger partial charge in [-0.15, -0.1) is 0 Å². The molecule has 1 heterocycles. The number of thiophene rings is 1. The van der Waals surface area contributed by atoms with Crippen LogP contribution in [-0.2, 0) is 6.18 Å². The number of hydrogen-bond acceptors (Lipinski definition) is 4. The molecule has 3 aromatic rings. The molecule has 0 spiro atoms. The fourth-order valence-electron chi connectivity index (χ4n) is 2.44. The van der Waals surface area contributed by atoms with E-state index in [-0.39, 0.29) is 16.8 Å². The number of carboxylic acid groups (broad SMARTS) is 1. The Morgan fingerprint density at radius 2 is 1.67 bits per heavy atom. The molecule has 0 radical (unpaired) electrons. The largest absolute Gasteiger partial charge is 0.545 e. The summed E-state index contributed by atoms with van der Waals surface area (Å²) in [4.78, 5) is 23.7. The van der Waals surface area contributed by atoms with Gasteiger partial charge in [-0.25, -0.2) is 0 Å². The van der Waals surface area contributed by atoms with Crippen LogP contribution >= 0.6 is 11.3 Å². The van der Waals surface area contributed by atoms with Crippen molar-refractivity contribution >= 4 is 28.9 Å². The maximum atomic E-state index is 12.6. The molecule has 3 rings (SSSR count). The van der Waals surface area contributed by atoms with Crippen molar-refractivity contribution in [2.75, 3.05) is 5.32 Å². The van der Waals surface area contributed by atoms with Crippen molar-refractivity contribution in [1.29, 1.82) is 0 Å². The lowest BCUT2D eigenvalue weighted by Gasteiger charge is -2.14. The van der Waals surface area contributed by atoms with Crippen LogP contribution in [0, 0.1) is 0 Å². The molecule has 4 nitrogen and oxygen atoms in total. The summed E-state index contributed by atoms with van der Waals surface area (Å²) in [6, 6.07) is 9.87. The molecule has 0 saturated heterocycles. The average Bonchev–Trinajstić information content (AvgIpc) is 3.16. The summed E-state index contributed by atoms with van der Waals surface area (Å²) >= 11 is 1.45. The first-order valence-corrected chi connectivity index (χ1v) is 8.56. The van der Waals surface area contributed by atoms with E-state index in [1.165, 1.54) is 23.5 Å². The van der Waals surface area contributed by atoms with E-state index < -0.39 is 23.6 Å². The molecular formula is C19H11F3NO3S-. The van der Waals surface area contributed by atoms with E-state index in [1.54, 1.807) is 6.07 Å². The second-order valence-corrected chi connectivity index (χ2v) is 6.37. The van der Waals surface area contributed by atoms with Crippen LogP contribution in [0.1, 0.15) is 26.3 Å². The van der Waals surface area contributed by atoms with Crippen molar-refractivity contribution in [2.24, 2.45) is 0 Å². The zero-order chi connectivity index (χ0) is 19.6. The summed E-state index contributed by atoms with van der Waals surface area (Å²) in [5.41, 5.74) is 0.327. The number of carbonyl (C=O) groups is 2. The normalized spacial score (nSPS) is 11.2. The van der Waals surface area contributed by atoms with Gasteiger partial charge in [0.2, 0.25) is 0 Å². The lowest BCUT2D eigenvalue weighted by Crippen LogP contribution is -2.25. The summed E-state index contributed by atoms with van der Waals surface area (Å²) in [6.45, 7) is 0.